The maximum absolute atomic E-state index is 13.0. The molecule has 0 aliphatic heterocycles. The van der Waals surface area contributed by atoms with Crippen molar-refractivity contribution in [1.82, 2.24) is 20.2 Å². The zero-order valence-electron chi connectivity index (χ0n) is 21.2. The highest BCUT2D eigenvalue weighted by Crippen LogP contribution is 2.26. The second-order valence-corrected chi connectivity index (χ2v) is 10.1. The Kier molecular flexibility index (Phi) is 7.80. The molecule has 8 heteroatoms. The quantitative estimate of drug-likeness (QED) is 0.140. The number of nitrogens with one attached hydrogen (secondary N) is 2. The lowest BCUT2D eigenvalue weighted by molar-refractivity contribution is -0.120. The van der Waals surface area contributed by atoms with Gasteiger partial charge in [0.05, 0.1) is 17.5 Å². The van der Waals surface area contributed by atoms with Crippen LogP contribution in [0.3, 0.4) is 0 Å². The number of nitrogens with zero attached hydrogens (tertiary/aromatic N) is 4. The number of hydrogen-bond acceptors (Lipinski definition) is 6. The van der Waals surface area contributed by atoms with Crippen molar-refractivity contribution in [2.75, 3.05) is 5.32 Å². The molecular weight excluding hydrogens is 492 g/mol. The van der Waals surface area contributed by atoms with E-state index in [0.29, 0.717) is 11.7 Å². The summed E-state index contributed by atoms with van der Waals surface area (Å²) in [6, 6.07) is 34.2. The van der Waals surface area contributed by atoms with Gasteiger partial charge in [-0.05, 0) is 60.5 Å². The summed E-state index contributed by atoms with van der Waals surface area (Å²) in [6.45, 7) is 4.22. The monoisotopic (exact) mass is 520 g/mol. The van der Waals surface area contributed by atoms with Crippen molar-refractivity contribution >= 4 is 39.8 Å². The zero-order valence-corrected chi connectivity index (χ0v) is 22.0. The van der Waals surface area contributed by atoms with E-state index >= 15 is 0 Å². The molecule has 1 atom stereocenters. The number of carbonyl (C=O) groups excluding carboxylic acids is 1. The second-order valence-electron chi connectivity index (χ2n) is 8.78. The number of benzene rings is 4. The summed E-state index contributed by atoms with van der Waals surface area (Å²) in [7, 11) is 0. The van der Waals surface area contributed by atoms with E-state index < -0.39 is 5.25 Å². The molecule has 190 valence electrons. The van der Waals surface area contributed by atoms with Crippen LogP contribution in [0.25, 0.3) is 16.5 Å². The SMILES string of the molecule is C/C(=N/NC(=O)[C@@H](C)Sc1nnc(CNc2ccccc2)n1-c1ccccc1)c1ccc2ccccc2c1. The second kappa shape index (κ2) is 11.7. The van der Waals surface area contributed by atoms with E-state index in [-0.39, 0.29) is 5.91 Å². The van der Waals surface area contributed by atoms with Crippen molar-refractivity contribution in [2.24, 2.45) is 5.10 Å². The largest absolute Gasteiger partial charge is 0.378 e. The molecule has 4 aromatic carbocycles. The first-order valence-electron chi connectivity index (χ1n) is 12.4. The Balaban J connectivity index is 1.30. The molecule has 0 aliphatic rings. The van der Waals surface area contributed by atoms with Gasteiger partial charge in [0.15, 0.2) is 11.0 Å². The minimum atomic E-state index is -0.440. The third-order valence-corrected chi connectivity index (χ3v) is 7.13. The van der Waals surface area contributed by atoms with E-state index in [1.807, 2.05) is 97.3 Å². The van der Waals surface area contributed by atoms with Crippen LogP contribution in [0.2, 0.25) is 0 Å². The molecule has 0 saturated carbocycles. The van der Waals surface area contributed by atoms with Crippen LogP contribution in [0.4, 0.5) is 5.69 Å². The van der Waals surface area contributed by atoms with Crippen molar-refractivity contribution in [3.05, 3.63) is 115 Å². The van der Waals surface area contributed by atoms with Gasteiger partial charge in [-0.3, -0.25) is 9.36 Å². The Hall–Kier alpha value is -4.43. The van der Waals surface area contributed by atoms with Crippen molar-refractivity contribution in [2.45, 2.75) is 30.8 Å². The first-order valence-corrected chi connectivity index (χ1v) is 13.2. The minimum Gasteiger partial charge on any atom is -0.378 e. The van der Waals surface area contributed by atoms with Crippen LogP contribution in [0.5, 0.6) is 0 Å². The molecule has 1 amide bonds. The normalized spacial score (nSPS) is 12.3. The van der Waals surface area contributed by atoms with Gasteiger partial charge in [-0.25, -0.2) is 5.43 Å². The maximum Gasteiger partial charge on any atom is 0.253 e. The Morgan fingerprint density at radius 2 is 1.58 bits per heavy atom. The minimum absolute atomic E-state index is 0.207. The van der Waals surface area contributed by atoms with Crippen LogP contribution < -0.4 is 10.7 Å². The van der Waals surface area contributed by atoms with Gasteiger partial charge in [0, 0.05) is 11.4 Å². The first kappa shape index (κ1) is 25.2. The van der Waals surface area contributed by atoms with Gasteiger partial charge in [-0.2, -0.15) is 5.10 Å². The Morgan fingerprint density at radius 3 is 2.34 bits per heavy atom. The highest BCUT2D eigenvalue weighted by atomic mass is 32.2. The van der Waals surface area contributed by atoms with Crippen molar-refractivity contribution < 1.29 is 4.79 Å². The number of amides is 1. The molecule has 1 heterocycles. The molecule has 0 bridgehead atoms. The lowest BCUT2D eigenvalue weighted by Gasteiger charge is -2.13. The fourth-order valence-corrected chi connectivity index (χ4v) is 4.87. The summed E-state index contributed by atoms with van der Waals surface area (Å²) in [5, 5.41) is 19.1. The molecule has 1 aromatic heterocycles. The van der Waals surface area contributed by atoms with Gasteiger partial charge >= 0.3 is 0 Å². The summed E-state index contributed by atoms with van der Waals surface area (Å²) in [5.74, 6) is 0.544. The number of rotatable bonds is 9. The Labute approximate surface area is 226 Å². The third-order valence-electron chi connectivity index (χ3n) is 6.09. The third kappa shape index (κ3) is 5.92. The fraction of sp³-hybridized carbons (Fsp3) is 0.133. The van der Waals surface area contributed by atoms with E-state index in [1.165, 1.54) is 17.1 Å². The summed E-state index contributed by atoms with van der Waals surface area (Å²) in [4.78, 5) is 13.0. The average molecular weight is 521 g/mol. The smallest absolute Gasteiger partial charge is 0.253 e. The van der Waals surface area contributed by atoms with Gasteiger partial charge in [-0.1, -0.05) is 84.6 Å². The number of aromatic nitrogens is 3. The van der Waals surface area contributed by atoms with E-state index in [9.17, 15) is 4.79 Å². The predicted molar refractivity (Wildman–Crippen MR) is 155 cm³/mol. The van der Waals surface area contributed by atoms with Crippen LogP contribution in [0.1, 0.15) is 25.2 Å². The highest BCUT2D eigenvalue weighted by molar-refractivity contribution is 8.00. The topological polar surface area (TPSA) is 84.2 Å². The zero-order chi connectivity index (χ0) is 26.3. The average Bonchev–Trinajstić information content (AvgIpc) is 3.37. The fourth-order valence-electron chi connectivity index (χ4n) is 3.99. The molecule has 0 fully saturated rings. The van der Waals surface area contributed by atoms with E-state index in [4.69, 9.17) is 0 Å². The van der Waals surface area contributed by atoms with Crippen molar-refractivity contribution in [3.63, 3.8) is 0 Å². The standard InChI is InChI=1S/C30H28N6OS/c1-21(24-18-17-23-11-9-10-12-25(23)19-24)32-34-29(37)22(2)38-30-35-33-28(20-31-26-13-5-3-6-14-26)36(30)27-15-7-4-8-16-27/h3-19,22,31H,20H2,1-2H3,(H,34,37)/b32-21-/t22-/m1/s1. The van der Waals surface area contributed by atoms with Crippen LogP contribution in [0, 0.1) is 0 Å². The molecule has 0 aliphatic carbocycles. The number of fused-ring (bicyclic) bond motifs is 1. The Morgan fingerprint density at radius 1 is 0.895 bits per heavy atom. The number of hydrogen-bond donors (Lipinski definition) is 2. The predicted octanol–water partition coefficient (Wildman–Crippen LogP) is 6.05. The molecule has 5 rings (SSSR count). The highest BCUT2D eigenvalue weighted by Gasteiger charge is 2.21. The van der Waals surface area contributed by atoms with Gasteiger partial charge < -0.3 is 5.32 Å². The molecule has 0 spiro atoms. The summed E-state index contributed by atoms with van der Waals surface area (Å²) >= 11 is 1.35. The molecular formula is C30H28N6OS. The first-order chi connectivity index (χ1) is 18.6. The van der Waals surface area contributed by atoms with Crippen LogP contribution in [-0.4, -0.2) is 31.6 Å². The van der Waals surface area contributed by atoms with E-state index in [2.05, 4.69) is 50.3 Å². The molecule has 0 radical (unpaired) electrons. The van der Waals surface area contributed by atoms with Crippen molar-refractivity contribution in [3.8, 4) is 5.69 Å². The summed E-state index contributed by atoms with van der Waals surface area (Å²) in [6.07, 6.45) is 0. The number of anilines is 1. The lowest BCUT2D eigenvalue weighted by Crippen LogP contribution is -2.28. The maximum atomic E-state index is 13.0. The van der Waals surface area contributed by atoms with Gasteiger partial charge in [0.2, 0.25) is 0 Å². The van der Waals surface area contributed by atoms with Crippen LogP contribution in [0.15, 0.2) is 113 Å². The molecule has 7 nitrogen and oxygen atoms in total. The Bertz CT molecular complexity index is 1570. The van der Waals surface area contributed by atoms with Gasteiger partial charge in [0.25, 0.3) is 5.91 Å². The summed E-state index contributed by atoms with van der Waals surface area (Å²) < 4.78 is 1.98. The number of hydrazone groups is 1. The molecule has 38 heavy (non-hydrogen) atoms. The van der Waals surface area contributed by atoms with Crippen molar-refractivity contribution in [1.29, 1.82) is 0 Å². The number of para-hydroxylation sites is 2. The summed E-state index contributed by atoms with van der Waals surface area (Å²) in [5.41, 5.74) is 6.35. The number of carbonyl (C=O) groups is 1. The van der Waals surface area contributed by atoms with E-state index in [0.717, 1.165) is 33.9 Å². The lowest BCUT2D eigenvalue weighted by atomic mass is 10.0. The molecule has 0 unspecified atom stereocenters. The van der Waals surface area contributed by atoms with Crippen LogP contribution in [-0.2, 0) is 11.3 Å². The molecule has 2 N–H and O–H groups in total. The van der Waals surface area contributed by atoms with Gasteiger partial charge in [-0.15, -0.1) is 10.2 Å². The molecule has 0 saturated heterocycles. The van der Waals surface area contributed by atoms with Crippen LogP contribution >= 0.6 is 11.8 Å². The number of thioether (sulfide) groups is 1. The van der Waals surface area contributed by atoms with E-state index in [1.54, 1.807) is 0 Å². The molecule has 5 aromatic rings. The van der Waals surface area contributed by atoms with Gasteiger partial charge in [0.1, 0.15) is 0 Å².